The molecule has 5 nitrogen and oxygen atoms in total. The summed E-state index contributed by atoms with van der Waals surface area (Å²) in [7, 11) is 0. The predicted octanol–water partition coefficient (Wildman–Crippen LogP) is 3.90. The fourth-order valence-corrected chi connectivity index (χ4v) is 3.75. The fourth-order valence-electron chi connectivity index (χ4n) is 3.75. The molecule has 0 aromatic carbocycles. The minimum Gasteiger partial charge on any atom is -0.472 e. The molecule has 1 aliphatic heterocycles. The van der Waals surface area contributed by atoms with Gasteiger partial charge in [-0.25, -0.2) is 9.97 Å². The van der Waals surface area contributed by atoms with Crippen molar-refractivity contribution in [3.63, 3.8) is 0 Å². The second kappa shape index (κ2) is 7.30. The second-order valence-corrected chi connectivity index (χ2v) is 7.14. The third-order valence-corrected chi connectivity index (χ3v) is 5.20. The van der Waals surface area contributed by atoms with E-state index in [4.69, 9.17) is 9.72 Å². The van der Waals surface area contributed by atoms with E-state index in [9.17, 15) is 18.4 Å². The summed E-state index contributed by atoms with van der Waals surface area (Å²) in [4.78, 5) is 10.5. The molecule has 1 saturated heterocycles. The minimum atomic E-state index is -4.42. The highest BCUT2D eigenvalue weighted by molar-refractivity contribution is 5.57. The summed E-state index contributed by atoms with van der Waals surface area (Å²) in [5, 5.41) is 9.52. The highest BCUT2D eigenvalue weighted by atomic mass is 19.4. The summed E-state index contributed by atoms with van der Waals surface area (Å²) in [6.07, 6.45) is 0.956. The van der Waals surface area contributed by atoms with Gasteiger partial charge in [0.2, 0.25) is 5.88 Å². The van der Waals surface area contributed by atoms with Crippen molar-refractivity contribution < 1.29 is 17.9 Å². The van der Waals surface area contributed by atoms with E-state index in [1.807, 2.05) is 11.0 Å². The van der Waals surface area contributed by atoms with Crippen LogP contribution in [0, 0.1) is 11.3 Å². The van der Waals surface area contributed by atoms with Gasteiger partial charge in [0.1, 0.15) is 18.0 Å². The maximum absolute atomic E-state index is 12.6. The van der Waals surface area contributed by atoms with Crippen molar-refractivity contribution >= 4 is 5.82 Å². The summed E-state index contributed by atoms with van der Waals surface area (Å²) < 4.78 is 43.7. The van der Waals surface area contributed by atoms with Gasteiger partial charge in [-0.3, -0.25) is 0 Å². The molecule has 8 heteroatoms. The average Bonchev–Trinajstić information content (AvgIpc) is 3.15. The Morgan fingerprint density at radius 3 is 2.75 bits per heavy atom. The van der Waals surface area contributed by atoms with E-state index >= 15 is 0 Å². The number of aryl methyl sites for hydroxylation is 2. The third-order valence-electron chi connectivity index (χ3n) is 5.20. The lowest BCUT2D eigenvalue weighted by Crippen LogP contribution is -2.27. The maximum Gasteiger partial charge on any atom is 0.417 e. The summed E-state index contributed by atoms with van der Waals surface area (Å²) in [6.45, 7) is 1.19. The number of pyridine rings is 2. The molecule has 0 bridgehead atoms. The summed E-state index contributed by atoms with van der Waals surface area (Å²) >= 11 is 0. The topological polar surface area (TPSA) is 62.0 Å². The normalized spacial score (nSPS) is 19.2. The zero-order chi connectivity index (χ0) is 19.7. The molecule has 0 spiro atoms. The van der Waals surface area contributed by atoms with Gasteiger partial charge in [0, 0.05) is 30.9 Å². The largest absolute Gasteiger partial charge is 0.472 e. The summed E-state index contributed by atoms with van der Waals surface area (Å²) in [5.74, 6) is 0.841. The fraction of sp³-hybridized carbons (Fsp3) is 0.450. The number of alkyl halides is 3. The van der Waals surface area contributed by atoms with E-state index in [2.05, 4.69) is 11.1 Å². The van der Waals surface area contributed by atoms with E-state index < -0.39 is 11.7 Å². The third kappa shape index (κ3) is 3.75. The van der Waals surface area contributed by atoms with Gasteiger partial charge in [0.15, 0.2) is 0 Å². The van der Waals surface area contributed by atoms with E-state index in [0.717, 1.165) is 49.2 Å². The van der Waals surface area contributed by atoms with Gasteiger partial charge in [0.25, 0.3) is 0 Å². The van der Waals surface area contributed by atoms with E-state index in [1.165, 1.54) is 6.07 Å². The number of hydrogen-bond acceptors (Lipinski definition) is 5. The first-order valence-corrected chi connectivity index (χ1v) is 9.32. The highest BCUT2D eigenvalue weighted by Gasteiger charge is 2.31. The highest BCUT2D eigenvalue weighted by Crippen LogP contribution is 2.31. The Morgan fingerprint density at radius 1 is 1.21 bits per heavy atom. The van der Waals surface area contributed by atoms with Crippen LogP contribution in [0.2, 0.25) is 0 Å². The minimum absolute atomic E-state index is 0.166. The summed E-state index contributed by atoms with van der Waals surface area (Å²) in [5.41, 5.74) is 1.99. The van der Waals surface area contributed by atoms with Crippen molar-refractivity contribution in [1.82, 2.24) is 9.97 Å². The number of rotatable bonds is 3. The van der Waals surface area contributed by atoms with Gasteiger partial charge >= 0.3 is 6.18 Å². The number of fused-ring (bicyclic) bond motifs is 1. The van der Waals surface area contributed by atoms with Crippen LogP contribution in [0.5, 0.6) is 5.88 Å². The van der Waals surface area contributed by atoms with Crippen molar-refractivity contribution in [3.8, 4) is 11.9 Å². The van der Waals surface area contributed by atoms with Crippen LogP contribution in [0.25, 0.3) is 0 Å². The number of hydrogen-bond donors (Lipinski definition) is 0. The van der Waals surface area contributed by atoms with Crippen LogP contribution < -0.4 is 9.64 Å². The number of ether oxygens (including phenoxy) is 1. The van der Waals surface area contributed by atoms with Crippen molar-refractivity contribution in [2.45, 2.75) is 44.4 Å². The molecule has 1 aliphatic carbocycles. The molecule has 0 radical (unpaired) electrons. The van der Waals surface area contributed by atoms with Crippen LogP contribution in [0.3, 0.4) is 0 Å². The Kier molecular flexibility index (Phi) is 4.84. The first-order valence-electron chi connectivity index (χ1n) is 9.32. The van der Waals surface area contributed by atoms with Crippen molar-refractivity contribution in [1.29, 1.82) is 5.26 Å². The molecule has 2 aliphatic rings. The Hall–Kier alpha value is -2.82. The average molecular weight is 388 g/mol. The van der Waals surface area contributed by atoms with Crippen LogP contribution in [0.4, 0.5) is 19.0 Å². The second-order valence-electron chi connectivity index (χ2n) is 7.14. The first kappa shape index (κ1) is 18.5. The van der Waals surface area contributed by atoms with Gasteiger partial charge in [-0.1, -0.05) is 0 Å². The Balaban J connectivity index is 1.46. The number of halogens is 3. The molecule has 3 heterocycles. The molecule has 0 saturated carbocycles. The number of nitrogens with zero attached hydrogens (tertiary/aromatic N) is 4. The lowest BCUT2D eigenvalue weighted by Gasteiger charge is -2.23. The molecule has 1 atom stereocenters. The Bertz CT molecular complexity index is 905. The molecule has 4 rings (SSSR count). The van der Waals surface area contributed by atoms with Crippen LogP contribution in [-0.2, 0) is 19.0 Å². The quantitative estimate of drug-likeness (QED) is 0.798. The Morgan fingerprint density at radius 2 is 2.04 bits per heavy atom. The number of nitriles is 1. The van der Waals surface area contributed by atoms with Crippen LogP contribution in [0.1, 0.15) is 41.6 Å². The molecular weight excluding hydrogens is 369 g/mol. The summed E-state index contributed by atoms with van der Waals surface area (Å²) in [6, 6.07) is 6.40. The molecule has 2 aromatic heterocycles. The lowest BCUT2D eigenvalue weighted by molar-refractivity contribution is -0.137. The molecule has 146 valence electrons. The molecule has 0 amide bonds. The van der Waals surface area contributed by atoms with E-state index in [1.54, 1.807) is 0 Å². The van der Waals surface area contributed by atoms with Gasteiger partial charge in [0.05, 0.1) is 17.7 Å². The van der Waals surface area contributed by atoms with E-state index in [-0.39, 0.29) is 12.0 Å². The first-order chi connectivity index (χ1) is 13.4. The van der Waals surface area contributed by atoms with Crippen molar-refractivity contribution in [2.24, 2.45) is 0 Å². The lowest BCUT2D eigenvalue weighted by atomic mass is 9.95. The number of anilines is 1. The van der Waals surface area contributed by atoms with E-state index in [0.29, 0.717) is 30.9 Å². The Labute approximate surface area is 160 Å². The van der Waals surface area contributed by atoms with Gasteiger partial charge in [-0.15, -0.1) is 0 Å². The predicted molar refractivity (Wildman–Crippen MR) is 96.1 cm³/mol. The standard InChI is InChI=1S/C20H19F3N4O/c21-20(22,23)15-5-6-18(25-11-15)28-16-7-8-27(12-16)19-14(10-24)9-13-3-1-2-4-17(13)26-19/h5-6,9,11,16H,1-4,7-8,12H2. The molecule has 1 fully saturated rings. The smallest absolute Gasteiger partial charge is 0.417 e. The molecular formula is C20H19F3N4O. The molecule has 2 aromatic rings. The number of aromatic nitrogens is 2. The van der Waals surface area contributed by atoms with Crippen LogP contribution in [0.15, 0.2) is 24.4 Å². The van der Waals surface area contributed by atoms with Gasteiger partial charge in [-0.05, 0) is 43.4 Å². The van der Waals surface area contributed by atoms with Crippen molar-refractivity contribution in [3.05, 3.63) is 46.8 Å². The zero-order valence-electron chi connectivity index (χ0n) is 15.2. The monoisotopic (exact) mass is 388 g/mol. The molecule has 28 heavy (non-hydrogen) atoms. The SMILES string of the molecule is N#Cc1cc2c(nc1N1CCC(Oc3ccc(C(F)(F)F)cn3)C1)CCCC2. The van der Waals surface area contributed by atoms with Gasteiger partial charge < -0.3 is 9.64 Å². The van der Waals surface area contributed by atoms with Gasteiger partial charge in [-0.2, -0.15) is 18.4 Å². The van der Waals surface area contributed by atoms with Crippen LogP contribution >= 0.6 is 0 Å². The molecule has 0 N–H and O–H groups in total. The molecule has 1 unspecified atom stereocenters. The van der Waals surface area contributed by atoms with Crippen molar-refractivity contribution in [2.75, 3.05) is 18.0 Å². The maximum atomic E-state index is 12.6. The zero-order valence-corrected chi connectivity index (χ0v) is 15.2. The van der Waals surface area contributed by atoms with Crippen LogP contribution in [-0.4, -0.2) is 29.2 Å².